The van der Waals surface area contributed by atoms with E-state index in [-0.39, 0.29) is 48.0 Å². The van der Waals surface area contributed by atoms with E-state index in [0.29, 0.717) is 39.0 Å². The number of rotatable bonds is 11. The first-order valence-corrected chi connectivity index (χ1v) is 17.8. The molecule has 5 rings (SSSR count). The molecule has 1 amide bonds. The first kappa shape index (κ1) is 36.1. The number of benzene rings is 1. The Hall–Kier alpha value is -5.24. The topological polar surface area (TPSA) is 143 Å². The van der Waals surface area contributed by atoms with Crippen LogP contribution in [0.5, 0.6) is 0 Å². The number of amides is 1. The Morgan fingerprint density at radius 3 is 2.54 bits per heavy atom. The number of fused-ring (bicyclic) bond motifs is 2. The van der Waals surface area contributed by atoms with Gasteiger partial charge in [-0.15, -0.1) is 0 Å². The third-order valence-corrected chi connectivity index (χ3v) is 9.67. The number of allylic oxidation sites excluding steroid dienone is 1. The van der Waals surface area contributed by atoms with E-state index in [2.05, 4.69) is 27.1 Å². The maximum Gasteiger partial charge on any atom is 0.279 e. The second-order valence-electron chi connectivity index (χ2n) is 12.6. The van der Waals surface area contributed by atoms with Crippen LogP contribution in [0.25, 0.3) is 38.9 Å². The van der Waals surface area contributed by atoms with E-state index in [1.54, 1.807) is 56.3 Å². The summed E-state index contributed by atoms with van der Waals surface area (Å²) in [6.07, 6.45) is 5.90. The van der Waals surface area contributed by atoms with Gasteiger partial charge in [-0.1, -0.05) is 38.1 Å². The number of hydrogen-bond donors (Lipinski definition) is 2. The Kier molecular flexibility index (Phi) is 10.1. The smallest absolute Gasteiger partial charge is 0.279 e. The predicted molar refractivity (Wildman–Crippen MR) is 192 cm³/mol. The number of aromatic amines is 1. The first-order chi connectivity index (χ1) is 23.6. The molecule has 0 bridgehead atoms. The SMILES string of the molecule is C=C(F)C(=O)NCCN(C/C(C)=C\C)c1c(S(C)(=O)=O)c(=O)n(-c2c(C)ccnc2C(C)C)c2nc(-c3c(C)ccc4[nH]ncc34)c(F)cc12. The Bertz CT molecular complexity index is 2380. The highest BCUT2D eigenvalue weighted by atomic mass is 32.2. The van der Waals surface area contributed by atoms with Crippen molar-refractivity contribution in [2.45, 2.75) is 52.4 Å². The van der Waals surface area contributed by atoms with Crippen LogP contribution in [0.15, 0.2) is 70.4 Å². The zero-order valence-corrected chi connectivity index (χ0v) is 29.8. The lowest BCUT2D eigenvalue weighted by Crippen LogP contribution is -2.39. The van der Waals surface area contributed by atoms with Crippen molar-refractivity contribution in [1.29, 1.82) is 0 Å². The van der Waals surface area contributed by atoms with Gasteiger partial charge in [-0.3, -0.25) is 24.2 Å². The van der Waals surface area contributed by atoms with Crippen molar-refractivity contribution in [3.8, 4) is 16.9 Å². The molecule has 11 nitrogen and oxygen atoms in total. The number of pyridine rings is 3. The maximum absolute atomic E-state index is 16.7. The molecule has 0 aliphatic rings. The monoisotopic (exact) mass is 703 g/mol. The van der Waals surface area contributed by atoms with Gasteiger partial charge in [-0.05, 0) is 62.9 Å². The van der Waals surface area contributed by atoms with E-state index in [1.165, 1.54) is 10.6 Å². The summed E-state index contributed by atoms with van der Waals surface area (Å²) in [7, 11) is -4.32. The molecule has 0 aliphatic carbocycles. The van der Waals surface area contributed by atoms with E-state index in [0.717, 1.165) is 11.8 Å². The minimum absolute atomic E-state index is 0.00370. The minimum Gasteiger partial charge on any atom is -0.364 e. The largest absolute Gasteiger partial charge is 0.364 e. The number of halogens is 2. The van der Waals surface area contributed by atoms with Crippen molar-refractivity contribution >= 4 is 43.4 Å². The fourth-order valence-corrected chi connectivity index (χ4v) is 7.06. The molecule has 0 saturated carbocycles. The van der Waals surface area contributed by atoms with Crippen LogP contribution in [0.3, 0.4) is 0 Å². The molecule has 50 heavy (non-hydrogen) atoms. The molecule has 4 heterocycles. The summed E-state index contributed by atoms with van der Waals surface area (Å²) >= 11 is 0. The number of carbonyl (C=O) groups excluding carboxylic acids is 1. The molecule has 0 unspecified atom stereocenters. The Balaban J connectivity index is 1.99. The highest BCUT2D eigenvalue weighted by Crippen LogP contribution is 2.39. The third kappa shape index (κ3) is 6.67. The van der Waals surface area contributed by atoms with Gasteiger partial charge in [0.1, 0.15) is 11.5 Å². The number of aromatic nitrogens is 5. The number of hydrogen-bond acceptors (Lipinski definition) is 8. The molecule has 0 aliphatic heterocycles. The zero-order chi connectivity index (χ0) is 36.7. The Morgan fingerprint density at radius 1 is 1.18 bits per heavy atom. The van der Waals surface area contributed by atoms with Gasteiger partial charge in [0, 0.05) is 48.4 Å². The summed E-state index contributed by atoms with van der Waals surface area (Å²) in [4.78, 5) is 37.3. The van der Waals surface area contributed by atoms with Crippen molar-refractivity contribution in [2.24, 2.45) is 0 Å². The summed E-state index contributed by atoms with van der Waals surface area (Å²) in [6.45, 7) is 13.8. The predicted octanol–water partition coefficient (Wildman–Crippen LogP) is 5.98. The van der Waals surface area contributed by atoms with Crippen LogP contribution in [-0.4, -0.2) is 64.9 Å². The molecule has 1 aromatic carbocycles. The standard InChI is InChI=1S/C36H39F2N7O4S/c1-9-20(4)18-44(15-14-40-35(46)23(7)37)32-24-16-26(38)30(28-21(5)10-11-27-25(28)17-41-43-27)42-34(24)45(36(47)33(32)50(8,48)49)31-22(6)12-13-39-29(31)19(2)3/h9-13,16-17,19H,7,14-15,18H2,1-6,8H3,(H,40,46)(H,41,43)/b20-9-. The Labute approximate surface area is 288 Å². The van der Waals surface area contributed by atoms with Gasteiger partial charge in [0.15, 0.2) is 26.2 Å². The fraction of sp³-hybridized carbons (Fsp3) is 0.306. The maximum atomic E-state index is 16.7. The number of sulfone groups is 1. The number of anilines is 1. The third-order valence-electron chi connectivity index (χ3n) is 8.56. The summed E-state index contributed by atoms with van der Waals surface area (Å²) < 4.78 is 58.9. The molecule has 2 N–H and O–H groups in total. The molecule has 0 saturated heterocycles. The van der Waals surface area contributed by atoms with Crippen LogP contribution in [0.2, 0.25) is 0 Å². The molecular formula is C36H39F2N7O4S. The van der Waals surface area contributed by atoms with Crippen molar-refractivity contribution < 1.29 is 22.0 Å². The fourth-order valence-electron chi connectivity index (χ4n) is 6.06. The van der Waals surface area contributed by atoms with E-state index >= 15 is 4.39 Å². The molecule has 0 radical (unpaired) electrons. The molecular weight excluding hydrogens is 665 g/mol. The molecule has 5 aromatic rings. The number of nitrogens with zero attached hydrogens (tertiary/aromatic N) is 5. The highest BCUT2D eigenvalue weighted by Gasteiger charge is 2.32. The lowest BCUT2D eigenvalue weighted by Gasteiger charge is -2.30. The van der Waals surface area contributed by atoms with Crippen LogP contribution >= 0.6 is 0 Å². The van der Waals surface area contributed by atoms with E-state index in [4.69, 9.17) is 4.98 Å². The summed E-state index contributed by atoms with van der Waals surface area (Å²) in [5.74, 6) is -3.19. The zero-order valence-electron chi connectivity index (χ0n) is 29.0. The second kappa shape index (κ2) is 13.9. The number of nitrogens with one attached hydrogen (secondary N) is 2. The van der Waals surface area contributed by atoms with Crippen molar-refractivity contribution in [2.75, 3.05) is 30.8 Å². The van der Waals surface area contributed by atoms with Crippen LogP contribution in [-0.2, 0) is 14.6 Å². The lowest BCUT2D eigenvalue weighted by atomic mass is 9.99. The van der Waals surface area contributed by atoms with E-state index in [9.17, 15) is 22.4 Å². The molecule has 0 fully saturated rings. The normalized spacial score (nSPS) is 12.2. The first-order valence-electron chi connectivity index (χ1n) is 15.9. The Morgan fingerprint density at radius 2 is 1.90 bits per heavy atom. The minimum atomic E-state index is -4.32. The number of aryl methyl sites for hydroxylation is 2. The van der Waals surface area contributed by atoms with E-state index < -0.39 is 37.8 Å². The second-order valence-corrected chi connectivity index (χ2v) is 14.6. The molecule has 4 aromatic heterocycles. The average molecular weight is 704 g/mol. The number of H-pyrrole nitrogens is 1. The lowest BCUT2D eigenvalue weighted by molar-refractivity contribution is -0.118. The number of carbonyl (C=O) groups is 1. The highest BCUT2D eigenvalue weighted by molar-refractivity contribution is 7.90. The van der Waals surface area contributed by atoms with Gasteiger partial charge in [0.25, 0.3) is 11.5 Å². The van der Waals surface area contributed by atoms with Gasteiger partial charge in [0.05, 0.1) is 28.8 Å². The molecule has 0 spiro atoms. The summed E-state index contributed by atoms with van der Waals surface area (Å²) in [5.41, 5.74) is 2.97. The van der Waals surface area contributed by atoms with Crippen LogP contribution in [0.4, 0.5) is 14.5 Å². The van der Waals surface area contributed by atoms with Gasteiger partial charge < -0.3 is 10.2 Å². The van der Waals surface area contributed by atoms with Crippen molar-refractivity contribution in [1.82, 2.24) is 30.0 Å². The molecule has 14 heteroatoms. The van der Waals surface area contributed by atoms with Crippen LogP contribution < -0.4 is 15.8 Å². The van der Waals surface area contributed by atoms with Gasteiger partial charge in [-0.2, -0.15) is 5.10 Å². The summed E-state index contributed by atoms with van der Waals surface area (Å²) in [5, 5.41) is 10.1. The van der Waals surface area contributed by atoms with Crippen LogP contribution in [0.1, 0.15) is 50.4 Å². The van der Waals surface area contributed by atoms with Crippen LogP contribution in [0, 0.1) is 19.7 Å². The van der Waals surface area contributed by atoms with Crippen molar-refractivity contribution in [3.05, 3.63) is 93.7 Å². The van der Waals surface area contributed by atoms with Gasteiger partial charge in [-0.25, -0.2) is 22.2 Å². The van der Waals surface area contributed by atoms with Gasteiger partial charge >= 0.3 is 0 Å². The quantitative estimate of drug-likeness (QED) is 0.126. The van der Waals surface area contributed by atoms with Gasteiger partial charge in [0.2, 0.25) is 0 Å². The molecule has 0 atom stereocenters. The van der Waals surface area contributed by atoms with Crippen molar-refractivity contribution in [3.63, 3.8) is 0 Å². The summed E-state index contributed by atoms with van der Waals surface area (Å²) in [6, 6.07) is 6.52. The van der Waals surface area contributed by atoms with E-state index in [1.807, 2.05) is 26.8 Å². The average Bonchev–Trinajstić information content (AvgIpc) is 3.52. The molecule has 262 valence electrons.